The molecular weight excluding hydrogens is 442 g/mol. The molecular formula is C24H25N3O5S. The summed E-state index contributed by atoms with van der Waals surface area (Å²) in [6.07, 6.45) is 5.24. The lowest BCUT2D eigenvalue weighted by Gasteiger charge is -2.32. The molecule has 1 unspecified atom stereocenters. The second-order valence-electron chi connectivity index (χ2n) is 8.80. The number of carbonyl (C=O) groups excluding carboxylic acids is 4. The minimum atomic E-state index is -1.01. The van der Waals surface area contributed by atoms with Gasteiger partial charge >= 0.3 is 12.0 Å². The summed E-state index contributed by atoms with van der Waals surface area (Å²) in [6, 6.07) is 7.33. The van der Waals surface area contributed by atoms with E-state index in [1.807, 2.05) is 24.3 Å². The molecule has 2 heterocycles. The second-order valence-corrected chi connectivity index (χ2v) is 9.91. The van der Waals surface area contributed by atoms with Crippen LogP contribution in [-0.4, -0.2) is 47.9 Å². The van der Waals surface area contributed by atoms with Crippen molar-refractivity contribution < 1.29 is 23.9 Å². The molecule has 9 heteroatoms. The first-order chi connectivity index (χ1) is 15.9. The normalized spacial score (nSPS) is 21.4. The van der Waals surface area contributed by atoms with Crippen LogP contribution >= 0.6 is 11.3 Å². The first-order valence-electron chi connectivity index (χ1n) is 11.2. The van der Waals surface area contributed by atoms with Crippen molar-refractivity contribution >= 4 is 40.2 Å². The molecule has 1 aromatic carbocycles. The van der Waals surface area contributed by atoms with E-state index in [-0.39, 0.29) is 5.91 Å². The first kappa shape index (κ1) is 21.6. The smallest absolute Gasteiger partial charge is 0.341 e. The summed E-state index contributed by atoms with van der Waals surface area (Å²) in [5.74, 6) is -1.38. The summed E-state index contributed by atoms with van der Waals surface area (Å²) in [5, 5.41) is 6.03. The third kappa shape index (κ3) is 3.70. The van der Waals surface area contributed by atoms with Crippen LogP contribution in [0.3, 0.4) is 0 Å². The van der Waals surface area contributed by atoms with Crippen molar-refractivity contribution in [2.75, 3.05) is 19.0 Å². The van der Waals surface area contributed by atoms with Crippen LogP contribution in [0.2, 0.25) is 0 Å². The molecule has 5 rings (SSSR count). The SMILES string of the molecule is COC(=O)c1c(NC(=O)CN2C(=O)NC3(CCc4ccccc4C3)C2=O)sc2c1CCCC2. The van der Waals surface area contributed by atoms with Crippen LogP contribution in [0.5, 0.6) is 0 Å². The van der Waals surface area contributed by atoms with E-state index < -0.39 is 30.0 Å². The number of fused-ring (bicyclic) bond motifs is 2. The molecule has 4 amide bonds. The van der Waals surface area contributed by atoms with E-state index in [2.05, 4.69) is 10.6 Å². The molecule has 1 saturated heterocycles. The van der Waals surface area contributed by atoms with E-state index in [1.165, 1.54) is 24.0 Å². The lowest BCUT2D eigenvalue weighted by Crippen LogP contribution is -2.51. The predicted molar refractivity (Wildman–Crippen MR) is 122 cm³/mol. The van der Waals surface area contributed by atoms with Gasteiger partial charge in [0.25, 0.3) is 5.91 Å². The van der Waals surface area contributed by atoms with Gasteiger partial charge in [0.05, 0.1) is 12.7 Å². The molecule has 2 aliphatic carbocycles. The van der Waals surface area contributed by atoms with Gasteiger partial charge in [-0.2, -0.15) is 0 Å². The van der Waals surface area contributed by atoms with Gasteiger partial charge in [-0.1, -0.05) is 24.3 Å². The zero-order valence-electron chi connectivity index (χ0n) is 18.4. The number of hydrogen-bond acceptors (Lipinski definition) is 6. The van der Waals surface area contributed by atoms with Gasteiger partial charge in [-0.05, 0) is 55.2 Å². The molecule has 3 aliphatic rings. The van der Waals surface area contributed by atoms with Gasteiger partial charge in [0, 0.05) is 11.3 Å². The Morgan fingerprint density at radius 3 is 2.70 bits per heavy atom. The molecule has 0 bridgehead atoms. The Balaban J connectivity index is 1.33. The van der Waals surface area contributed by atoms with Crippen LogP contribution in [0.15, 0.2) is 24.3 Å². The molecule has 1 atom stereocenters. The first-order valence-corrected chi connectivity index (χ1v) is 12.0. The highest BCUT2D eigenvalue weighted by Gasteiger charge is 2.52. The van der Waals surface area contributed by atoms with Gasteiger partial charge in [0.2, 0.25) is 5.91 Å². The van der Waals surface area contributed by atoms with Crippen LogP contribution in [-0.2, 0) is 40.0 Å². The maximum Gasteiger partial charge on any atom is 0.341 e. The van der Waals surface area contributed by atoms with Crippen molar-refractivity contribution in [3.8, 4) is 0 Å². The topological polar surface area (TPSA) is 105 Å². The summed E-state index contributed by atoms with van der Waals surface area (Å²) in [7, 11) is 1.32. The van der Waals surface area contributed by atoms with Crippen LogP contribution in [0.1, 0.15) is 51.2 Å². The average molecular weight is 468 g/mol. The van der Waals surface area contributed by atoms with Crippen LogP contribution in [0, 0.1) is 0 Å². The molecule has 2 N–H and O–H groups in total. The fourth-order valence-corrected chi connectivity index (χ4v) is 6.42. The molecule has 1 spiro atoms. The quantitative estimate of drug-likeness (QED) is 0.532. The fourth-order valence-electron chi connectivity index (χ4n) is 5.13. The van der Waals surface area contributed by atoms with Crippen molar-refractivity contribution in [3.63, 3.8) is 0 Å². The number of benzene rings is 1. The van der Waals surface area contributed by atoms with Crippen molar-refractivity contribution in [1.82, 2.24) is 10.2 Å². The number of esters is 1. The Morgan fingerprint density at radius 2 is 1.91 bits per heavy atom. The third-order valence-electron chi connectivity index (χ3n) is 6.79. The number of urea groups is 1. The number of thiophene rings is 1. The maximum absolute atomic E-state index is 13.3. The Bertz CT molecular complexity index is 1170. The van der Waals surface area contributed by atoms with E-state index in [9.17, 15) is 19.2 Å². The van der Waals surface area contributed by atoms with Crippen molar-refractivity contribution in [2.45, 2.75) is 50.5 Å². The monoisotopic (exact) mass is 467 g/mol. The molecule has 1 aliphatic heterocycles. The highest BCUT2D eigenvalue weighted by Crippen LogP contribution is 2.39. The van der Waals surface area contributed by atoms with Gasteiger partial charge in [0.15, 0.2) is 0 Å². The van der Waals surface area contributed by atoms with Crippen molar-refractivity contribution in [2.24, 2.45) is 0 Å². The summed E-state index contributed by atoms with van der Waals surface area (Å²) < 4.78 is 4.94. The maximum atomic E-state index is 13.3. The fraction of sp³-hybridized carbons (Fsp3) is 0.417. The Kier molecular flexibility index (Phi) is 5.44. The summed E-state index contributed by atoms with van der Waals surface area (Å²) in [5.41, 5.74) is 2.53. The lowest BCUT2D eigenvalue weighted by atomic mass is 9.78. The average Bonchev–Trinajstić information content (AvgIpc) is 3.28. The third-order valence-corrected chi connectivity index (χ3v) is 8.00. The molecule has 1 aromatic heterocycles. The molecule has 2 aromatic rings. The van der Waals surface area contributed by atoms with E-state index in [1.54, 1.807) is 0 Å². The number of nitrogens with zero attached hydrogens (tertiary/aromatic N) is 1. The minimum Gasteiger partial charge on any atom is -0.465 e. The number of nitrogens with one attached hydrogen (secondary N) is 2. The van der Waals surface area contributed by atoms with Crippen molar-refractivity contribution in [1.29, 1.82) is 0 Å². The Morgan fingerprint density at radius 1 is 1.15 bits per heavy atom. The number of carbonyl (C=O) groups is 4. The number of ether oxygens (including phenoxy) is 1. The lowest BCUT2D eigenvalue weighted by molar-refractivity contribution is -0.134. The molecule has 8 nitrogen and oxygen atoms in total. The van der Waals surface area contributed by atoms with Gasteiger partial charge < -0.3 is 15.4 Å². The number of methoxy groups -OCH3 is 1. The van der Waals surface area contributed by atoms with Gasteiger partial charge in [0.1, 0.15) is 17.1 Å². The van der Waals surface area contributed by atoms with Gasteiger partial charge in [-0.25, -0.2) is 9.59 Å². The van der Waals surface area contributed by atoms with Crippen molar-refractivity contribution in [3.05, 3.63) is 51.4 Å². The van der Waals surface area contributed by atoms with Crippen LogP contribution < -0.4 is 10.6 Å². The Hall–Kier alpha value is -3.20. The standard InChI is InChI=1S/C24H25N3O5S/c1-32-21(29)19-16-8-4-5-9-17(16)33-20(19)25-18(28)13-27-22(30)24(26-23(27)31)11-10-14-6-2-3-7-15(14)12-24/h2-3,6-7H,4-5,8-13H2,1H3,(H,25,28)(H,26,31). The number of anilines is 1. The van der Waals surface area contributed by atoms with Crippen LogP contribution in [0.25, 0.3) is 0 Å². The molecule has 172 valence electrons. The molecule has 1 fully saturated rings. The largest absolute Gasteiger partial charge is 0.465 e. The summed E-state index contributed by atoms with van der Waals surface area (Å²) in [4.78, 5) is 53.3. The highest BCUT2D eigenvalue weighted by molar-refractivity contribution is 7.17. The predicted octanol–water partition coefficient (Wildman–Crippen LogP) is 2.83. The molecule has 0 radical (unpaired) electrons. The molecule has 33 heavy (non-hydrogen) atoms. The van der Waals surface area contributed by atoms with E-state index in [0.717, 1.165) is 46.6 Å². The zero-order chi connectivity index (χ0) is 23.2. The highest BCUT2D eigenvalue weighted by atomic mass is 32.1. The van der Waals surface area contributed by atoms with Crippen LogP contribution in [0.4, 0.5) is 9.80 Å². The van der Waals surface area contributed by atoms with Gasteiger partial charge in [-0.3, -0.25) is 14.5 Å². The Labute approximate surface area is 195 Å². The number of hydrogen-bond donors (Lipinski definition) is 2. The number of imide groups is 1. The number of aryl methyl sites for hydroxylation is 2. The van der Waals surface area contributed by atoms with E-state index in [0.29, 0.717) is 29.8 Å². The zero-order valence-corrected chi connectivity index (χ0v) is 19.2. The molecule has 0 saturated carbocycles. The van der Waals surface area contributed by atoms with E-state index in [4.69, 9.17) is 4.74 Å². The number of amides is 4. The summed E-state index contributed by atoms with van der Waals surface area (Å²) >= 11 is 1.37. The van der Waals surface area contributed by atoms with E-state index >= 15 is 0 Å². The second kappa shape index (κ2) is 8.30. The minimum absolute atomic E-state index is 0.379. The van der Waals surface area contributed by atoms with Gasteiger partial charge in [-0.15, -0.1) is 11.3 Å². The number of rotatable bonds is 4. The summed E-state index contributed by atoms with van der Waals surface area (Å²) in [6.45, 7) is -0.406.